The van der Waals surface area contributed by atoms with Gasteiger partial charge in [0.2, 0.25) is 0 Å². The lowest BCUT2D eigenvalue weighted by molar-refractivity contribution is 0.00228. The van der Waals surface area contributed by atoms with E-state index in [9.17, 15) is 0 Å². The maximum atomic E-state index is 4.74. The number of nitrogens with zero attached hydrogens (tertiary/aromatic N) is 2. The van der Waals surface area contributed by atoms with Crippen LogP contribution in [0, 0.1) is 13.8 Å². The molecule has 114 valence electrons. The number of hydrogen-bond donors (Lipinski definition) is 1. The monoisotopic (exact) mass is 295 g/mol. The van der Waals surface area contributed by atoms with Crippen LogP contribution in [0.25, 0.3) is 0 Å². The molecule has 0 bridgehead atoms. The summed E-state index contributed by atoms with van der Waals surface area (Å²) in [6, 6.07) is 0. The van der Waals surface area contributed by atoms with Crippen LogP contribution in [0.15, 0.2) is 0 Å². The number of aromatic nitrogens is 1. The Morgan fingerprint density at radius 3 is 2.40 bits per heavy atom. The van der Waals surface area contributed by atoms with Crippen LogP contribution >= 0.6 is 11.3 Å². The minimum absolute atomic E-state index is 0.190. The molecule has 20 heavy (non-hydrogen) atoms. The average molecular weight is 295 g/mol. The van der Waals surface area contributed by atoms with Crippen molar-refractivity contribution in [2.45, 2.75) is 72.0 Å². The molecule has 0 atom stereocenters. The smallest absolute Gasteiger partial charge is 0.107 e. The van der Waals surface area contributed by atoms with Gasteiger partial charge in [0.05, 0.1) is 12.2 Å². The average Bonchev–Trinajstić information content (AvgIpc) is 2.69. The Morgan fingerprint density at radius 2 is 1.90 bits per heavy atom. The van der Waals surface area contributed by atoms with E-state index in [1.54, 1.807) is 0 Å². The van der Waals surface area contributed by atoms with Crippen LogP contribution in [0.3, 0.4) is 0 Å². The van der Waals surface area contributed by atoms with Crippen LogP contribution in [-0.4, -0.2) is 34.1 Å². The van der Waals surface area contributed by atoms with E-state index in [0.29, 0.717) is 0 Å². The van der Waals surface area contributed by atoms with Crippen molar-refractivity contribution in [3.8, 4) is 0 Å². The van der Waals surface area contributed by atoms with Crippen molar-refractivity contribution in [1.29, 1.82) is 0 Å². The second-order valence-electron chi connectivity index (χ2n) is 6.77. The van der Waals surface area contributed by atoms with E-state index >= 15 is 0 Å². The van der Waals surface area contributed by atoms with Gasteiger partial charge in [-0.15, -0.1) is 11.3 Å². The van der Waals surface area contributed by atoms with E-state index in [1.807, 2.05) is 11.3 Å². The Balaban J connectivity index is 2.23. The van der Waals surface area contributed by atoms with Crippen molar-refractivity contribution in [2.24, 2.45) is 0 Å². The summed E-state index contributed by atoms with van der Waals surface area (Å²) >= 11 is 1.86. The Hall–Kier alpha value is -0.450. The zero-order valence-corrected chi connectivity index (χ0v) is 14.7. The second-order valence-corrected chi connectivity index (χ2v) is 8.06. The van der Waals surface area contributed by atoms with Gasteiger partial charge in [-0.1, -0.05) is 13.8 Å². The van der Waals surface area contributed by atoms with E-state index in [-0.39, 0.29) is 11.1 Å². The number of thiazole rings is 1. The molecule has 0 saturated carbocycles. The van der Waals surface area contributed by atoms with Gasteiger partial charge in [0.1, 0.15) is 5.01 Å². The Kier molecular flexibility index (Phi) is 4.57. The van der Waals surface area contributed by atoms with Crippen molar-refractivity contribution in [1.82, 2.24) is 15.2 Å². The highest BCUT2D eigenvalue weighted by Gasteiger charge is 2.41. The van der Waals surface area contributed by atoms with Crippen molar-refractivity contribution >= 4 is 11.3 Å². The van der Waals surface area contributed by atoms with Gasteiger partial charge < -0.3 is 5.32 Å². The fourth-order valence-corrected chi connectivity index (χ4v) is 4.11. The topological polar surface area (TPSA) is 28.2 Å². The number of piperazine rings is 1. The van der Waals surface area contributed by atoms with Gasteiger partial charge in [0.25, 0.3) is 0 Å². The lowest BCUT2D eigenvalue weighted by Crippen LogP contribution is -2.67. The first-order valence-corrected chi connectivity index (χ1v) is 8.56. The Bertz CT molecular complexity index is 441. The molecule has 1 aromatic rings. The molecule has 0 amide bonds. The van der Waals surface area contributed by atoms with Crippen molar-refractivity contribution in [3.63, 3.8) is 0 Å². The molecule has 2 heterocycles. The third-order valence-electron chi connectivity index (χ3n) is 4.87. The lowest BCUT2D eigenvalue weighted by Gasteiger charge is -2.52. The maximum Gasteiger partial charge on any atom is 0.107 e. The first-order valence-electron chi connectivity index (χ1n) is 7.75. The molecule has 0 spiro atoms. The van der Waals surface area contributed by atoms with Gasteiger partial charge in [0.15, 0.2) is 0 Å². The summed E-state index contributed by atoms with van der Waals surface area (Å²) < 4.78 is 0. The van der Waals surface area contributed by atoms with E-state index < -0.39 is 0 Å². The molecule has 2 rings (SSSR count). The molecule has 0 aromatic carbocycles. The summed E-state index contributed by atoms with van der Waals surface area (Å²) in [5.41, 5.74) is 1.66. The summed E-state index contributed by atoms with van der Waals surface area (Å²) in [4.78, 5) is 8.77. The van der Waals surface area contributed by atoms with Crippen molar-refractivity contribution < 1.29 is 0 Å². The Labute approximate surface area is 127 Å². The van der Waals surface area contributed by atoms with Gasteiger partial charge in [0, 0.05) is 29.0 Å². The molecule has 1 saturated heterocycles. The molecule has 1 aromatic heterocycles. The highest BCUT2D eigenvalue weighted by Crippen LogP contribution is 2.32. The van der Waals surface area contributed by atoms with Gasteiger partial charge in [-0.05, 0) is 40.5 Å². The van der Waals surface area contributed by atoms with Crippen LogP contribution < -0.4 is 5.32 Å². The zero-order valence-electron chi connectivity index (χ0n) is 13.8. The van der Waals surface area contributed by atoms with Crippen LogP contribution in [0.4, 0.5) is 0 Å². The molecular formula is C16H29N3S. The second kappa shape index (κ2) is 5.74. The van der Waals surface area contributed by atoms with Crippen molar-refractivity contribution in [2.75, 3.05) is 13.1 Å². The number of hydrogen-bond acceptors (Lipinski definition) is 4. The quantitative estimate of drug-likeness (QED) is 0.921. The maximum absolute atomic E-state index is 4.74. The molecule has 1 aliphatic heterocycles. The molecule has 0 aliphatic carbocycles. The fraction of sp³-hybridized carbons (Fsp3) is 0.812. The normalized spacial score (nSPS) is 22.1. The zero-order chi connectivity index (χ0) is 15.0. The van der Waals surface area contributed by atoms with Gasteiger partial charge in [-0.2, -0.15) is 0 Å². The molecule has 0 unspecified atom stereocenters. The van der Waals surface area contributed by atoms with Crippen LogP contribution in [0.2, 0.25) is 0 Å². The van der Waals surface area contributed by atoms with E-state index in [0.717, 1.165) is 19.6 Å². The van der Waals surface area contributed by atoms with Crippen LogP contribution in [0.5, 0.6) is 0 Å². The predicted octanol–water partition coefficient (Wildman–Crippen LogP) is 3.50. The Morgan fingerprint density at radius 1 is 1.25 bits per heavy atom. The molecular weight excluding hydrogens is 266 g/mol. The molecule has 3 nitrogen and oxygen atoms in total. The van der Waals surface area contributed by atoms with Gasteiger partial charge in [-0.3, -0.25) is 4.90 Å². The first kappa shape index (κ1) is 15.9. The minimum atomic E-state index is 0.190. The highest BCUT2D eigenvalue weighted by molar-refractivity contribution is 7.11. The van der Waals surface area contributed by atoms with E-state index in [2.05, 4.69) is 51.8 Å². The summed E-state index contributed by atoms with van der Waals surface area (Å²) in [5.74, 6) is 0. The molecule has 0 radical (unpaired) electrons. The van der Waals surface area contributed by atoms with Crippen molar-refractivity contribution in [3.05, 3.63) is 15.6 Å². The third kappa shape index (κ3) is 3.07. The van der Waals surface area contributed by atoms with E-state index in [1.165, 1.54) is 28.4 Å². The number of nitrogens with one attached hydrogen (secondary N) is 1. The molecule has 1 fully saturated rings. The largest absolute Gasteiger partial charge is 0.309 e. The molecule has 1 N–H and O–H groups in total. The lowest BCUT2D eigenvalue weighted by atomic mass is 9.84. The van der Waals surface area contributed by atoms with Crippen LogP contribution in [-0.2, 0) is 6.54 Å². The SMILES string of the molecule is CCC1(CC)CNC(C)(C)CN1Cc1nc(C)c(C)s1. The minimum Gasteiger partial charge on any atom is -0.309 e. The highest BCUT2D eigenvalue weighted by atomic mass is 32.1. The number of rotatable bonds is 4. The fourth-order valence-electron chi connectivity index (χ4n) is 3.16. The third-order valence-corrected chi connectivity index (χ3v) is 5.93. The standard InChI is InChI=1S/C16H29N3S/c1-7-16(8-2)10-17-15(5,6)11-19(16)9-14-18-12(3)13(4)20-14/h17H,7-11H2,1-6H3. The van der Waals surface area contributed by atoms with Crippen LogP contribution in [0.1, 0.15) is 56.1 Å². The molecule has 4 heteroatoms. The van der Waals surface area contributed by atoms with E-state index in [4.69, 9.17) is 4.98 Å². The summed E-state index contributed by atoms with van der Waals surface area (Å²) in [6.07, 6.45) is 2.38. The van der Waals surface area contributed by atoms with Gasteiger partial charge in [-0.25, -0.2) is 4.98 Å². The first-order chi connectivity index (χ1) is 9.32. The summed E-state index contributed by atoms with van der Waals surface area (Å²) in [7, 11) is 0. The molecule has 1 aliphatic rings. The summed E-state index contributed by atoms with van der Waals surface area (Å²) in [6.45, 7) is 16.7. The van der Waals surface area contributed by atoms with Gasteiger partial charge >= 0.3 is 0 Å². The predicted molar refractivity (Wildman–Crippen MR) is 87.4 cm³/mol. The summed E-state index contributed by atoms with van der Waals surface area (Å²) in [5, 5.41) is 4.99. The number of aryl methyl sites for hydroxylation is 2.